The molecule has 2 aromatic heterocycles. The van der Waals surface area contributed by atoms with Gasteiger partial charge in [-0.05, 0) is 169 Å². The fourth-order valence-corrected chi connectivity index (χ4v) is 8.34. The molecule has 0 bridgehead atoms. The van der Waals surface area contributed by atoms with Gasteiger partial charge in [-0.25, -0.2) is 14.8 Å². The molecule has 0 saturated heterocycles. The summed E-state index contributed by atoms with van der Waals surface area (Å²) in [5.41, 5.74) is 7.92. The Morgan fingerprint density at radius 2 is 1.18 bits per heavy atom. The van der Waals surface area contributed by atoms with Gasteiger partial charge in [-0.15, -0.1) is 22.7 Å². The Hall–Kier alpha value is -4.11. The van der Waals surface area contributed by atoms with Gasteiger partial charge in [0.1, 0.15) is 27.1 Å². The van der Waals surface area contributed by atoms with E-state index in [0.29, 0.717) is 6.54 Å². The number of rotatable bonds is 12. The Kier molecular flexibility index (Phi) is 15.5. The van der Waals surface area contributed by atoms with Crippen LogP contribution in [0.25, 0.3) is 44.7 Å². The number of ether oxygens (including phenoxy) is 5. The van der Waals surface area contributed by atoms with Crippen molar-refractivity contribution in [2.75, 3.05) is 39.3 Å². The summed E-state index contributed by atoms with van der Waals surface area (Å²) in [6.07, 6.45) is 7.76. The highest BCUT2D eigenvalue weighted by Crippen LogP contribution is 2.33. The number of fused-ring (bicyclic) bond motifs is 2. The van der Waals surface area contributed by atoms with Crippen LogP contribution in [0.15, 0.2) is 69.6 Å². The third-order valence-corrected chi connectivity index (χ3v) is 11.6. The van der Waals surface area contributed by atoms with Crippen molar-refractivity contribution in [3.8, 4) is 11.5 Å². The smallest absolute Gasteiger partial charge is 0.414 e. The van der Waals surface area contributed by atoms with E-state index in [2.05, 4.69) is 68.9 Å². The molecule has 0 aliphatic heterocycles. The molecule has 0 spiro atoms. The number of aryl methyl sites for hydroxylation is 3. The topological polar surface area (TPSA) is 92.2 Å². The highest BCUT2D eigenvalue weighted by Gasteiger charge is 2.24. The molecule has 0 aliphatic carbocycles. The van der Waals surface area contributed by atoms with Crippen molar-refractivity contribution >= 4 is 111 Å². The van der Waals surface area contributed by atoms with E-state index in [1.165, 1.54) is 15.8 Å². The number of benzene rings is 4. The number of carbonyl (C=O) groups is 1. The molecular formula is C44H47Br2N3O6S2. The average Bonchev–Trinajstić information content (AvgIpc) is 3.74. The number of nitrogens with zero attached hydrogens (tertiary/aromatic N) is 3. The zero-order valence-electron chi connectivity index (χ0n) is 33.6. The molecule has 300 valence electrons. The third kappa shape index (κ3) is 12.2. The Morgan fingerprint density at radius 1 is 0.702 bits per heavy atom. The van der Waals surface area contributed by atoms with Gasteiger partial charge in [-0.2, -0.15) is 0 Å². The minimum absolute atomic E-state index is 0.199. The first-order valence-corrected chi connectivity index (χ1v) is 21.4. The maximum absolute atomic E-state index is 12.7. The van der Waals surface area contributed by atoms with E-state index in [0.717, 1.165) is 68.6 Å². The fourth-order valence-electron chi connectivity index (χ4n) is 5.49. The van der Waals surface area contributed by atoms with Crippen molar-refractivity contribution in [3.05, 3.63) is 107 Å². The average molecular weight is 938 g/mol. The van der Waals surface area contributed by atoms with Crippen LogP contribution >= 0.6 is 54.5 Å². The first-order valence-electron chi connectivity index (χ1n) is 18.2. The minimum Gasteiger partial charge on any atom is -0.466 e. The maximum atomic E-state index is 12.7. The summed E-state index contributed by atoms with van der Waals surface area (Å²) in [7, 11) is 3.19. The van der Waals surface area contributed by atoms with Crippen LogP contribution in [0.5, 0.6) is 11.5 Å². The summed E-state index contributed by atoms with van der Waals surface area (Å²) in [5.74, 6) is 1.49. The summed E-state index contributed by atoms with van der Waals surface area (Å²) < 4.78 is 30.4. The summed E-state index contributed by atoms with van der Waals surface area (Å²) in [6.45, 7) is 14.7. The van der Waals surface area contributed by atoms with E-state index in [9.17, 15) is 4.79 Å². The second-order valence-electron chi connectivity index (χ2n) is 14.0. The first kappa shape index (κ1) is 44.0. The van der Waals surface area contributed by atoms with Gasteiger partial charge in [0.2, 0.25) is 0 Å². The standard InChI is InChI=1S/C25H29BrN2O4S.C19H18BrNO2S/c1-7-28(24(29)32-25(3,4)5)20-14-22-19(12-16(20)2)27-23(33-22)11-9-17-8-10-21(18(26)13-17)31-15-30-6;1-12-8-16-18(9-13(12)2)24-19(21-16)7-5-14-4-6-17(15(20)10-14)23-11-22-3/h8-14H,7,15H2,1-6H3;4-10H,11H2,1-3H3/b11-9+;7-5+. The van der Waals surface area contributed by atoms with Crippen molar-refractivity contribution in [2.24, 2.45) is 0 Å². The van der Waals surface area contributed by atoms with Crippen LogP contribution in [-0.2, 0) is 14.2 Å². The lowest BCUT2D eigenvalue weighted by Gasteiger charge is -2.27. The van der Waals surface area contributed by atoms with Gasteiger partial charge >= 0.3 is 6.09 Å². The van der Waals surface area contributed by atoms with Crippen molar-refractivity contribution < 1.29 is 28.5 Å². The number of halogens is 2. The van der Waals surface area contributed by atoms with Crippen LogP contribution in [0.4, 0.5) is 10.5 Å². The molecule has 4 aromatic carbocycles. The third-order valence-electron chi connectivity index (χ3n) is 8.38. The van der Waals surface area contributed by atoms with E-state index in [1.807, 2.05) is 101 Å². The first-order chi connectivity index (χ1) is 27.2. The van der Waals surface area contributed by atoms with Gasteiger partial charge in [0.25, 0.3) is 0 Å². The highest BCUT2D eigenvalue weighted by molar-refractivity contribution is 9.11. The quantitative estimate of drug-likeness (QED) is 0.112. The van der Waals surface area contributed by atoms with Crippen molar-refractivity contribution in [2.45, 2.75) is 54.1 Å². The molecule has 0 radical (unpaired) electrons. The van der Waals surface area contributed by atoms with E-state index in [1.54, 1.807) is 41.8 Å². The van der Waals surface area contributed by atoms with Gasteiger partial charge in [-0.1, -0.05) is 24.3 Å². The molecule has 0 saturated carbocycles. The summed E-state index contributed by atoms with van der Waals surface area (Å²) in [5, 5.41) is 1.89. The van der Waals surface area contributed by atoms with Crippen LogP contribution in [0.2, 0.25) is 0 Å². The molecule has 9 nitrogen and oxygen atoms in total. The van der Waals surface area contributed by atoms with Gasteiger partial charge in [0.15, 0.2) is 13.6 Å². The number of carbonyl (C=O) groups excluding carboxylic acids is 1. The maximum Gasteiger partial charge on any atom is 0.414 e. The molecule has 0 N–H and O–H groups in total. The molecule has 13 heteroatoms. The minimum atomic E-state index is -0.548. The lowest BCUT2D eigenvalue weighted by Crippen LogP contribution is -2.37. The van der Waals surface area contributed by atoms with Gasteiger partial charge in [0.05, 0.1) is 35.1 Å². The fraction of sp³-hybridized carbons (Fsp3) is 0.295. The molecule has 0 atom stereocenters. The molecule has 0 unspecified atom stereocenters. The lowest BCUT2D eigenvalue weighted by molar-refractivity contribution is 0.0504. The van der Waals surface area contributed by atoms with E-state index in [-0.39, 0.29) is 19.7 Å². The predicted octanol–water partition coefficient (Wildman–Crippen LogP) is 13.1. The predicted molar refractivity (Wildman–Crippen MR) is 244 cm³/mol. The molecule has 6 aromatic rings. The Balaban J connectivity index is 0.000000228. The van der Waals surface area contributed by atoms with E-state index in [4.69, 9.17) is 28.7 Å². The van der Waals surface area contributed by atoms with Crippen molar-refractivity contribution in [3.63, 3.8) is 0 Å². The highest BCUT2D eigenvalue weighted by atomic mass is 79.9. The van der Waals surface area contributed by atoms with Gasteiger partial charge < -0.3 is 23.7 Å². The number of amides is 1. The number of methoxy groups -OCH3 is 2. The molecule has 2 heterocycles. The zero-order chi connectivity index (χ0) is 41.3. The van der Waals surface area contributed by atoms with Crippen LogP contribution in [-0.4, -0.2) is 56.0 Å². The summed E-state index contributed by atoms with van der Waals surface area (Å²) >= 11 is 10.3. The summed E-state index contributed by atoms with van der Waals surface area (Å²) in [6, 6.07) is 20.2. The molecule has 0 fully saturated rings. The van der Waals surface area contributed by atoms with Crippen molar-refractivity contribution in [1.29, 1.82) is 0 Å². The van der Waals surface area contributed by atoms with Crippen molar-refractivity contribution in [1.82, 2.24) is 9.97 Å². The number of hydrogen-bond donors (Lipinski definition) is 0. The molecule has 0 aliphatic rings. The van der Waals surface area contributed by atoms with Crippen LogP contribution in [0.3, 0.4) is 0 Å². The molecular weight excluding hydrogens is 890 g/mol. The Bertz CT molecular complexity index is 2360. The largest absolute Gasteiger partial charge is 0.466 e. The lowest BCUT2D eigenvalue weighted by atomic mass is 10.1. The normalized spacial score (nSPS) is 11.7. The zero-order valence-corrected chi connectivity index (χ0v) is 38.4. The van der Waals surface area contributed by atoms with E-state index >= 15 is 0 Å². The number of thiazole rings is 2. The molecule has 1 amide bonds. The van der Waals surface area contributed by atoms with Gasteiger partial charge in [-0.3, -0.25) is 4.90 Å². The SMILES string of the molecule is CCN(C(=O)OC(C)(C)C)c1cc2sc(/C=C/c3ccc(OCOC)c(Br)c3)nc2cc1C.COCOc1ccc(/C=C/c2nc3cc(C)c(C)cc3s2)cc1Br. The second kappa shape index (κ2) is 20.0. The number of aromatic nitrogens is 2. The Morgan fingerprint density at radius 3 is 1.63 bits per heavy atom. The van der Waals surface area contributed by atoms with Gasteiger partial charge in [0, 0.05) is 20.8 Å². The van der Waals surface area contributed by atoms with Crippen LogP contribution in [0.1, 0.15) is 65.5 Å². The van der Waals surface area contributed by atoms with E-state index < -0.39 is 5.60 Å². The monoisotopic (exact) mass is 935 g/mol. The van der Waals surface area contributed by atoms with Crippen LogP contribution < -0.4 is 14.4 Å². The molecule has 57 heavy (non-hydrogen) atoms. The number of hydrogen-bond acceptors (Lipinski definition) is 10. The summed E-state index contributed by atoms with van der Waals surface area (Å²) in [4.78, 5) is 23.8. The van der Waals surface area contributed by atoms with Crippen LogP contribution in [0, 0.1) is 20.8 Å². The Labute approximate surface area is 359 Å². The second-order valence-corrected chi connectivity index (χ2v) is 17.8. The molecule has 6 rings (SSSR count). The number of anilines is 1.